The molecule has 2 fully saturated rings. The van der Waals surface area contributed by atoms with Crippen LogP contribution < -0.4 is 19.9 Å². The van der Waals surface area contributed by atoms with Crippen LogP contribution in [0.1, 0.15) is 37.7 Å². The average molecular weight is 445 g/mol. The molecular formula is C24H36N4O4. The van der Waals surface area contributed by atoms with Crippen LogP contribution in [0.5, 0.6) is 11.5 Å². The van der Waals surface area contributed by atoms with Gasteiger partial charge in [-0.3, -0.25) is 14.7 Å². The minimum atomic E-state index is -0.135. The van der Waals surface area contributed by atoms with E-state index < -0.39 is 0 Å². The topological polar surface area (TPSA) is 79.9 Å². The SMILES string of the molecule is COC[C@H]1CCCN1CCC1CCN(c2nc3cc(OC)c(OC)c(C)c3c(=O)[nH]2)CC1. The van der Waals surface area contributed by atoms with Crippen molar-refractivity contribution >= 4 is 16.9 Å². The zero-order valence-corrected chi connectivity index (χ0v) is 19.8. The number of methoxy groups -OCH3 is 3. The van der Waals surface area contributed by atoms with E-state index in [0.717, 1.165) is 44.6 Å². The number of H-pyrrole nitrogens is 1. The summed E-state index contributed by atoms with van der Waals surface area (Å²) in [6.07, 6.45) is 6.00. The monoisotopic (exact) mass is 444 g/mol. The lowest BCUT2D eigenvalue weighted by Gasteiger charge is -2.33. The molecule has 0 aliphatic carbocycles. The maximum Gasteiger partial charge on any atom is 0.260 e. The minimum Gasteiger partial charge on any atom is -0.493 e. The van der Waals surface area contributed by atoms with Gasteiger partial charge in [-0.25, -0.2) is 4.98 Å². The van der Waals surface area contributed by atoms with Crippen molar-refractivity contribution in [2.24, 2.45) is 5.92 Å². The number of aryl methyl sites for hydroxylation is 1. The number of nitrogens with zero attached hydrogens (tertiary/aromatic N) is 3. The van der Waals surface area contributed by atoms with Crippen LogP contribution >= 0.6 is 0 Å². The lowest BCUT2D eigenvalue weighted by molar-refractivity contribution is 0.110. The molecule has 2 saturated heterocycles. The molecule has 8 nitrogen and oxygen atoms in total. The summed E-state index contributed by atoms with van der Waals surface area (Å²) in [6.45, 7) is 6.88. The van der Waals surface area contributed by atoms with Crippen molar-refractivity contribution in [1.82, 2.24) is 14.9 Å². The second-order valence-corrected chi connectivity index (χ2v) is 9.03. The van der Waals surface area contributed by atoms with E-state index in [1.807, 2.05) is 6.92 Å². The first-order chi connectivity index (χ1) is 15.5. The van der Waals surface area contributed by atoms with Gasteiger partial charge >= 0.3 is 0 Å². The quantitative estimate of drug-likeness (QED) is 0.670. The van der Waals surface area contributed by atoms with Gasteiger partial charge in [-0.1, -0.05) is 0 Å². The molecule has 1 N–H and O–H groups in total. The summed E-state index contributed by atoms with van der Waals surface area (Å²) in [7, 11) is 4.98. The van der Waals surface area contributed by atoms with Crippen LogP contribution in [0.4, 0.5) is 5.95 Å². The van der Waals surface area contributed by atoms with Gasteiger partial charge in [0.15, 0.2) is 11.5 Å². The molecule has 2 aromatic rings. The first-order valence-electron chi connectivity index (χ1n) is 11.7. The van der Waals surface area contributed by atoms with Crippen LogP contribution in [0, 0.1) is 12.8 Å². The number of fused-ring (bicyclic) bond motifs is 1. The van der Waals surface area contributed by atoms with Crippen LogP contribution in [0.3, 0.4) is 0 Å². The Bertz CT molecular complexity index is 984. The molecule has 0 radical (unpaired) electrons. The Morgan fingerprint density at radius 3 is 2.59 bits per heavy atom. The molecule has 1 aromatic carbocycles. The van der Waals surface area contributed by atoms with Gasteiger partial charge < -0.3 is 19.1 Å². The summed E-state index contributed by atoms with van der Waals surface area (Å²) in [5.74, 6) is 2.53. The number of benzene rings is 1. The van der Waals surface area contributed by atoms with Gasteiger partial charge in [-0.2, -0.15) is 0 Å². The normalized spacial score (nSPS) is 20.2. The number of hydrogen-bond acceptors (Lipinski definition) is 7. The highest BCUT2D eigenvalue weighted by Crippen LogP contribution is 2.35. The van der Waals surface area contributed by atoms with Crippen molar-refractivity contribution in [2.75, 3.05) is 59.0 Å². The average Bonchev–Trinajstić information content (AvgIpc) is 3.24. The van der Waals surface area contributed by atoms with Crippen molar-refractivity contribution in [3.63, 3.8) is 0 Å². The van der Waals surface area contributed by atoms with E-state index in [2.05, 4.69) is 14.8 Å². The summed E-state index contributed by atoms with van der Waals surface area (Å²) in [4.78, 5) is 25.5. The Labute approximate surface area is 189 Å². The largest absolute Gasteiger partial charge is 0.493 e. The summed E-state index contributed by atoms with van der Waals surface area (Å²) >= 11 is 0. The maximum absolute atomic E-state index is 12.9. The van der Waals surface area contributed by atoms with Gasteiger partial charge in [0.05, 0.1) is 31.7 Å². The van der Waals surface area contributed by atoms with Gasteiger partial charge in [0, 0.05) is 37.9 Å². The predicted molar refractivity (Wildman–Crippen MR) is 126 cm³/mol. The number of nitrogens with one attached hydrogen (secondary N) is 1. The van der Waals surface area contributed by atoms with Crippen LogP contribution in [0.15, 0.2) is 10.9 Å². The molecule has 0 saturated carbocycles. The van der Waals surface area contributed by atoms with Gasteiger partial charge in [0.2, 0.25) is 5.95 Å². The molecule has 0 unspecified atom stereocenters. The number of hydrogen-bond donors (Lipinski definition) is 1. The van der Waals surface area contributed by atoms with E-state index in [0.29, 0.717) is 40.3 Å². The van der Waals surface area contributed by atoms with Crippen molar-refractivity contribution in [3.8, 4) is 11.5 Å². The highest BCUT2D eigenvalue weighted by molar-refractivity contribution is 5.86. The van der Waals surface area contributed by atoms with Crippen LogP contribution in [-0.2, 0) is 4.74 Å². The number of piperidine rings is 1. The molecule has 3 heterocycles. The minimum absolute atomic E-state index is 0.135. The van der Waals surface area contributed by atoms with Gasteiger partial charge in [0.1, 0.15) is 0 Å². The molecule has 2 aliphatic heterocycles. The molecule has 0 bridgehead atoms. The fourth-order valence-corrected chi connectivity index (χ4v) is 5.34. The first kappa shape index (κ1) is 22.9. The molecule has 1 aromatic heterocycles. The number of ether oxygens (including phenoxy) is 3. The third kappa shape index (κ3) is 4.57. The van der Waals surface area contributed by atoms with Gasteiger partial charge in [0.25, 0.3) is 5.56 Å². The molecule has 32 heavy (non-hydrogen) atoms. The van der Waals surface area contributed by atoms with Crippen LogP contribution in [-0.4, -0.2) is 75.0 Å². The number of rotatable bonds is 8. The lowest BCUT2D eigenvalue weighted by atomic mass is 9.93. The highest BCUT2D eigenvalue weighted by atomic mass is 16.5. The van der Waals surface area contributed by atoms with Crippen molar-refractivity contribution < 1.29 is 14.2 Å². The molecular weight excluding hydrogens is 408 g/mol. The second-order valence-electron chi connectivity index (χ2n) is 9.03. The fourth-order valence-electron chi connectivity index (χ4n) is 5.34. The van der Waals surface area contributed by atoms with E-state index >= 15 is 0 Å². The molecule has 1 atom stereocenters. The molecule has 8 heteroatoms. The van der Waals surface area contributed by atoms with E-state index in [1.54, 1.807) is 27.4 Å². The Morgan fingerprint density at radius 2 is 1.91 bits per heavy atom. The number of aromatic nitrogens is 2. The zero-order valence-electron chi connectivity index (χ0n) is 19.8. The first-order valence-corrected chi connectivity index (χ1v) is 11.7. The molecule has 176 valence electrons. The summed E-state index contributed by atoms with van der Waals surface area (Å²) in [6, 6.07) is 2.38. The van der Waals surface area contributed by atoms with Crippen LogP contribution in [0.25, 0.3) is 10.9 Å². The lowest BCUT2D eigenvalue weighted by Crippen LogP contribution is -2.38. The number of likely N-dealkylation sites (tertiary alicyclic amines) is 1. The van der Waals surface area contributed by atoms with E-state index in [-0.39, 0.29) is 5.56 Å². The maximum atomic E-state index is 12.9. The molecule has 2 aliphatic rings. The van der Waals surface area contributed by atoms with Gasteiger partial charge in [-0.05, 0) is 58.0 Å². The predicted octanol–water partition coefficient (Wildman–Crippen LogP) is 2.97. The Hall–Kier alpha value is -2.32. The van der Waals surface area contributed by atoms with E-state index in [1.165, 1.54) is 25.8 Å². The Balaban J connectivity index is 1.42. The highest BCUT2D eigenvalue weighted by Gasteiger charge is 2.27. The molecule has 0 amide bonds. The summed E-state index contributed by atoms with van der Waals surface area (Å²) < 4.78 is 16.3. The zero-order chi connectivity index (χ0) is 22.7. The third-order valence-corrected chi connectivity index (χ3v) is 7.16. The smallest absolute Gasteiger partial charge is 0.260 e. The van der Waals surface area contributed by atoms with Crippen molar-refractivity contribution in [2.45, 2.75) is 45.1 Å². The number of anilines is 1. The molecule has 4 rings (SSSR count). The van der Waals surface area contributed by atoms with E-state index in [4.69, 9.17) is 19.2 Å². The fraction of sp³-hybridized carbons (Fsp3) is 0.667. The number of aromatic amines is 1. The Morgan fingerprint density at radius 1 is 1.12 bits per heavy atom. The summed E-state index contributed by atoms with van der Waals surface area (Å²) in [5, 5.41) is 0.553. The third-order valence-electron chi connectivity index (χ3n) is 7.16. The van der Waals surface area contributed by atoms with E-state index in [9.17, 15) is 4.79 Å². The van der Waals surface area contributed by atoms with Crippen molar-refractivity contribution in [1.29, 1.82) is 0 Å². The summed E-state index contributed by atoms with van der Waals surface area (Å²) in [5.41, 5.74) is 1.25. The van der Waals surface area contributed by atoms with Gasteiger partial charge in [-0.15, -0.1) is 0 Å². The second kappa shape index (κ2) is 10.1. The van der Waals surface area contributed by atoms with Crippen LogP contribution in [0.2, 0.25) is 0 Å². The molecule has 0 spiro atoms. The van der Waals surface area contributed by atoms with Crippen molar-refractivity contribution in [3.05, 3.63) is 22.0 Å². The Kier molecular flexibility index (Phi) is 7.20. The standard InChI is InChI=1S/C24H36N4O4/c1-16-21-19(14-20(31-3)22(16)32-4)25-24(26-23(21)29)28-12-8-17(9-13-28)7-11-27-10-5-6-18(27)15-30-2/h14,17-18H,5-13,15H2,1-4H3,(H,25,26,29)/t18-/m1/s1.